The van der Waals surface area contributed by atoms with Gasteiger partial charge < -0.3 is 4.74 Å². The summed E-state index contributed by atoms with van der Waals surface area (Å²) < 4.78 is 4.90. The van der Waals surface area contributed by atoms with Crippen molar-refractivity contribution < 1.29 is 14.3 Å². The summed E-state index contributed by atoms with van der Waals surface area (Å²) in [6, 6.07) is 10.2. The maximum Gasteiger partial charge on any atom is 0.340 e. The minimum Gasteiger partial charge on any atom is -0.465 e. The smallest absolute Gasteiger partial charge is 0.340 e. The van der Waals surface area contributed by atoms with Gasteiger partial charge in [0, 0.05) is 10.7 Å². The predicted octanol–water partition coefficient (Wildman–Crippen LogP) is 5.83. The van der Waals surface area contributed by atoms with E-state index in [0.29, 0.717) is 32.0 Å². The number of carbonyl (C=O) groups is 2. The fraction of sp³-hybridized carbons (Fsp3) is 0.143. The van der Waals surface area contributed by atoms with E-state index in [9.17, 15) is 9.59 Å². The monoisotopic (exact) mass is 435 g/mol. The molecule has 1 amide bonds. The molecule has 28 heavy (non-hydrogen) atoms. The van der Waals surface area contributed by atoms with Crippen molar-refractivity contribution in [3.63, 3.8) is 0 Å². The third-order valence-corrected chi connectivity index (χ3v) is 5.60. The van der Waals surface area contributed by atoms with Gasteiger partial charge in [-0.3, -0.25) is 9.69 Å². The average molecular weight is 437 g/mol. The van der Waals surface area contributed by atoms with E-state index in [1.54, 1.807) is 43.3 Å². The van der Waals surface area contributed by atoms with Crippen molar-refractivity contribution in [2.24, 2.45) is 0 Å². The molecule has 0 spiro atoms. The lowest BCUT2D eigenvalue weighted by atomic mass is 10.0. The number of ether oxygens (including phenoxy) is 1. The summed E-state index contributed by atoms with van der Waals surface area (Å²) in [7, 11) is 1.27. The number of carbonyl (C=O) groups excluding carboxylic acids is 2. The molecule has 0 aliphatic carbocycles. The van der Waals surface area contributed by atoms with Crippen LogP contribution in [0.4, 0.5) is 5.69 Å². The molecule has 2 aromatic rings. The number of aryl methyl sites for hydroxylation is 1. The van der Waals surface area contributed by atoms with E-state index in [4.69, 9.17) is 39.5 Å². The standard InChI is InChI=1S/C21H16Cl3NO3/c1-11-4-6-14(10-17(11)23)25-12(2)19(21(27)28-3)15(20(25)26)8-13-5-7-16(22)18(24)9-13/h4-10H,1-3H3/b15-8-. The maximum atomic E-state index is 13.2. The van der Waals surface area contributed by atoms with Crippen LogP contribution in [0.2, 0.25) is 15.1 Å². The molecule has 0 saturated heterocycles. The second-order valence-electron chi connectivity index (χ2n) is 6.26. The van der Waals surface area contributed by atoms with Crippen LogP contribution in [-0.2, 0) is 14.3 Å². The number of nitrogens with zero attached hydrogens (tertiary/aromatic N) is 1. The molecule has 1 aliphatic rings. The molecule has 0 fully saturated rings. The predicted molar refractivity (Wildman–Crippen MR) is 113 cm³/mol. The van der Waals surface area contributed by atoms with Crippen molar-refractivity contribution in [2.75, 3.05) is 12.0 Å². The van der Waals surface area contributed by atoms with Crippen LogP contribution in [-0.4, -0.2) is 19.0 Å². The van der Waals surface area contributed by atoms with E-state index in [1.807, 2.05) is 13.0 Å². The second-order valence-corrected chi connectivity index (χ2v) is 7.48. The lowest BCUT2D eigenvalue weighted by Gasteiger charge is -2.18. The summed E-state index contributed by atoms with van der Waals surface area (Å²) in [5, 5.41) is 1.28. The zero-order valence-electron chi connectivity index (χ0n) is 15.3. The fourth-order valence-corrected chi connectivity index (χ4v) is 3.46. The highest BCUT2D eigenvalue weighted by Gasteiger charge is 2.38. The lowest BCUT2D eigenvalue weighted by Crippen LogP contribution is -2.24. The van der Waals surface area contributed by atoms with Gasteiger partial charge in [-0.2, -0.15) is 0 Å². The topological polar surface area (TPSA) is 46.6 Å². The minimum atomic E-state index is -0.599. The number of rotatable bonds is 3. The lowest BCUT2D eigenvalue weighted by molar-refractivity contribution is -0.136. The largest absolute Gasteiger partial charge is 0.465 e. The molecule has 0 bridgehead atoms. The van der Waals surface area contributed by atoms with Gasteiger partial charge in [0.25, 0.3) is 5.91 Å². The van der Waals surface area contributed by atoms with Gasteiger partial charge in [-0.05, 0) is 55.3 Å². The molecule has 0 aromatic heterocycles. The van der Waals surface area contributed by atoms with E-state index >= 15 is 0 Å². The van der Waals surface area contributed by atoms with E-state index < -0.39 is 5.97 Å². The molecule has 3 rings (SSSR count). The molecule has 0 unspecified atom stereocenters. The van der Waals surface area contributed by atoms with Gasteiger partial charge in [0.2, 0.25) is 0 Å². The zero-order chi connectivity index (χ0) is 20.6. The average Bonchev–Trinajstić information content (AvgIpc) is 2.90. The molecule has 7 heteroatoms. The first-order valence-corrected chi connectivity index (χ1v) is 9.45. The fourth-order valence-electron chi connectivity index (χ4n) is 2.98. The van der Waals surface area contributed by atoms with Gasteiger partial charge in [0.05, 0.1) is 34.0 Å². The Morgan fingerprint density at radius 2 is 1.71 bits per heavy atom. The highest BCUT2D eigenvalue weighted by molar-refractivity contribution is 6.42. The number of esters is 1. The number of methoxy groups -OCH3 is 1. The van der Waals surface area contributed by atoms with Crippen LogP contribution < -0.4 is 4.90 Å². The quantitative estimate of drug-likeness (QED) is 0.449. The van der Waals surface area contributed by atoms with Gasteiger partial charge in [0.15, 0.2) is 0 Å². The Morgan fingerprint density at radius 3 is 2.32 bits per heavy atom. The molecule has 0 atom stereocenters. The van der Waals surface area contributed by atoms with Crippen LogP contribution in [0.15, 0.2) is 53.2 Å². The van der Waals surface area contributed by atoms with Crippen LogP contribution in [0.3, 0.4) is 0 Å². The van der Waals surface area contributed by atoms with Gasteiger partial charge in [-0.25, -0.2) is 4.79 Å². The van der Waals surface area contributed by atoms with Crippen LogP contribution in [0.1, 0.15) is 18.1 Å². The van der Waals surface area contributed by atoms with Crippen LogP contribution in [0.25, 0.3) is 6.08 Å². The molecule has 0 N–H and O–H groups in total. The van der Waals surface area contributed by atoms with E-state index in [-0.39, 0.29) is 17.1 Å². The van der Waals surface area contributed by atoms with Gasteiger partial charge in [-0.15, -0.1) is 0 Å². The molecular formula is C21H16Cl3NO3. The number of hydrogen-bond acceptors (Lipinski definition) is 3. The Hall–Kier alpha value is -2.27. The highest BCUT2D eigenvalue weighted by Crippen LogP contribution is 2.37. The van der Waals surface area contributed by atoms with Crippen LogP contribution >= 0.6 is 34.8 Å². The Bertz CT molecular complexity index is 1060. The van der Waals surface area contributed by atoms with Crippen LogP contribution in [0.5, 0.6) is 0 Å². The molecule has 1 heterocycles. The molecule has 1 aliphatic heterocycles. The SMILES string of the molecule is COC(=O)C1=C(C)N(c2ccc(C)c(Cl)c2)C(=O)/C1=C\c1ccc(Cl)c(Cl)c1. The Labute approximate surface area is 177 Å². The first kappa shape index (κ1) is 20.5. The van der Waals surface area contributed by atoms with Crippen molar-refractivity contribution >= 4 is 58.4 Å². The molecule has 0 radical (unpaired) electrons. The molecular weight excluding hydrogens is 421 g/mol. The molecule has 2 aromatic carbocycles. The summed E-state index contributed by atoms with van der Waals surface area (Å²) >= 11 is 18.3. The van der Waals surface area contributed by atoms with E-state index in [2.05, 4.69) is 0 Å². The van der Waals surface area contributed by atoms with Crippen molar-refractivity contribution in [3.05, 3.63) is 79.4 Å². The van der Waals surface area contributed by atoms with E-state index in [0.717, 1.165) is 5.56 Å². The number of hydrogen-bond donors (Lipinski definition) is 0. The summed E-state index contributed by atoms with van der Waals surface area (Å²) in [4.78, 5) is 27.1. The third-order valence-electron chi connectivity index (χ3n) is 4.46. The molecule has 0 saturated carbocycles. The summed E-state index contributed by atoms with van der Waals surface area (Å²) in [6.07, 6.45) is 1.59. The highest BCUT2D eigenvalue weighted by atomic mass is 35.5. The van der Waals surface area contributed by atoms with Crippen molar-refractivity contribution in [3.8, 4) is 0 Å². The first-order chi connectivity index (χ1) is 13.2. The normalized spacial score (nSPS) is 15.6. The minimum absolute atomic E-state index is 0.190. The molecule has 144 valence electrons. The zero-order valence-corrected chi connectivity index (χ0v) is 17.6. The Balaban J connectivity index is 2.15. The summed E-state index contributed by atoms with van der Waals surface area (Å²) in [5.74, 6) is -0.957. The number of anilines is 1. The van der Waals surface area contributed by atoms with Crippen molar-refractivity contribution in [2.45, 2.75) is 13.8 Å². The number of allylic oxidation sites excluding steroid dienone is 1. The Kier molecular flexibility index (Phi) is 5.84. The summed E-state index contributed by atoms with van der Waals surface area (Å²) in [6.45, 7) is 3.56. The number of benzene rings is 2. The third kappa shape index (κ3) is 3.68. The first-order valence-electron chi connectivity index (χ1n) is 8.31. The summed E-state index contributed by atoms with van der Waals surface area (Å²) in [5.41, 5.74) is 2.95. The van der Waals surface area contributed by atoms with Crippen molar-refractivity contribution in [1.82, 2.24) is 0 Å². The maximum absolute atomic E-state index is 13.2. The van der Waals surface area contributed by atoms with Gasteiger partial charge in [-0.1, -0.05) is 46.9 Å². The Morgan fingerprint density at radius 1 is 1.00 bits per heavy atom. The van der Waals surface area contributed by atoms with Crippen molar-refractivity contribution in [1.29, 1.82) is 0 Å². The van der Waals surface area contributed by atoms with E-state index in [1.165, 1.54) is 12.0 Å². The van der Waals surface area contributed by atoms with Gasteiger partial charge in [0.1, 0.15) is 0 Å². The molecule has 4 nitrogen and oxygen atoms in total. The number of halogens is 3. The van der Waals surface area contributed by atoms with Crippen LogP contribution in [0, 0.1) is 6.92 Å². The van der Waals surface area contributed by atoms with Gasteiger partial charge >= 0.3 is 5.97 Å². The number of amides is 1. The second kappa shape index (κ2) is 8.00.